The van der Waals surface area contributed by atoms with Crippen LogP contribution >= 0.6 is 0 Å². The van der Waals surface area contributed by atoms with Crippen molar-refractivity contribution in [1.82, 2.24) is 0 Å². The molecule has 4 nitrogen and oxygen atoms in total. The summed E-state index contributed by atoms with van der Waals surface area (Å²) in [4.78, 5) is 11.7. The van der Waals surface area contributed by atoms with Crippen LogP contribution in [0.4, 0.5) is 84.7 Å². The molecule has 0 unspecified atom stereocenters. The van der Waals surface area contributed by atoms with Crippen molar-refractivity contribution in [3.05, 3.63) is 29.6 Å². The second kappa shape index (κ2) is 9.52. The number of amides is 1. The van der Waals surface area contributed by atoms with Gasteiger partial charge in [0.05, 0.1) is 0 Å². The van der Waals surface area contributed by atoms with Crippen molar-refractivity contribution in [3.63, 3.8) is 0 Å². The van der Waals surface area contributed by atoms with Crippen LogP contribution < -0.4 is 5.32 Å². The average Bonchev–Trinajstić information content (AvgIpc) is 2.67. The summed E-state index contributed by atoms with van der Waals surface area (Å²) in [6, 6.07) is 1.30. The van der Waals surface area contributed by atoms with Crippen molar-refractivity contribution < 1.29 is 93.3 Å². The summed E-state index contributed by atoms with van der Waals surface area (Å²) >= 11 is 0. The Bertz CT molecular complexity index is 1030. The van der Waals surface area contributed by atoms with Gasteiger partial charge in [-0.05, 0) is 24.6 Å². The molecule has 0 bridgehead atoms. The van der Waals surface area contributed by atoms with Crippen LogP contribution in [-0.2, 0) is 14.3 Å². The van der Waals surface area contributed by atoms with E-state index in [1.165, 1.54) is 4.74 Å². The predicted molar refractivity (Wildman–Crippen MR) is 82.6 cm³/mol. The molecule has 0 radical (unpaired) electrons. The number of hydrogen-bond acceptors (Lipinski definition) is 3. The smallest absolute Gasteiger partial charge is 0.320 e. The molecule has 0 heterocycles. The summed E-state index contributed by atoms with van der Waals surface area (Å²) in [5.74, 6) is -28.0. The number of hydrogen-bond donors (Lipinski definition) is 1. The van der Waals surface area contributed by atoms with Gasteiger partial charge in [0.2, 0.25) is 0 Å². The van der Waals surface area contributed by atoms with E-state index in [0.29, 0.717) is 17.4 Å². The topological polar surface area (TPSA) is 47.6 Å². The number of carbonyl (C=O) groups is 1. The number of alkyl halides is 17. The quantitative estimate of drug-likeness (QED) is 0.328. The highest BCUT2D eigenvalue weighted by Crippen LogP contribution is 2.56. The molecule has 1 aromatic carbocycles. The van der Waals surface area contributed by atoms with Gasteiger partial charge < -0.3 is 5.32 Å². The molecule has 1 N–H and O–H groups in total. The van der Waals surface area contributed by atoms with Gasteiger partial charge in [-0.1, -0.05) is 6.07 Å². The van der Waals surface area contributed by atoms with Crippen LogP contribution in [0.1, 0.15) is 5.56 Å². The molecule has 1 amide bonds. The van der Waals surface area contributed by atoms with E-state index in [1.54, 1.807) is 0 Å². The van der Waals surface area contributed by atoms with Crippen LogP contribution in [0.5, 0.6) is 0 Å². The maximum absolute atomic E-state index is 14.4. The van der Waals surface area contributed by atoms with Crippen molar-refractivity contribution in [1.29, 1.82) is 0 Å². The number of carbonyl (C=O) groups excluding carboxylic acids is 1. The lowest BCUT2D eigenvalue weighted by atomic mass is 10.1. The standard InChI is InChI=1S/C16H7F18NO3/c1-5-2-3-6(17)4-7(5)35-8(36)9(18,12(22,23)24)37-16(33,34)11(21,14(28,29)30)38-15(31,32)10(19,20)13(25,26)27/h2-4H,1H3,(H,35,36)/t9-,11+/m0/s1. The Morgan fingerprint density at radius 3 is 1.55 bits per heavy atom. The van der Waals surface area contributed by atoms with Crippen LogP contribution in [-0.4, -0.2) is 54.3 Å². The lowest BCUT2D eigenvalue weighted by Crippen LogP contribution is -2.68. The fourth-order valence-corrected chi connectivity index (χ4v) is 2.09. The molecular formula is C16H7F18NO3. The van der Waals surface area contributed by atoms with Gasteiger partial charge in [-0.25, -0.2) is 4.39 Å². The Balaban J connectivity index is 3.67. The highest BCUT2D eigenvalue weighted by molar-refractivity contribution is 5.97. The summed E-state index contributed by atoms with van der Waals surface area (Å²) in [5.41, 5.74) is -1.69. The first kappa shape index (κ1) is 33.4. The Hall–Kier alpha value is -2.65. The van der Waals surface area contributed by atoms with E-state index in [1.807, 2.05) is 4.74 Å². The third-order valence-corrected chi connectivity index (χ3v) is 4.10. The second-order valence-corrected chi connectivity index (χ2v) is 6.91. The van der Waals surface area contributed by atoms with Gasteiger partial charge >= 0.3 is 48.4 Å². The SMILES string of the molecule is Cc1ccc(F)cc1NC(=O)[C@](F)(OC(F)(F)[C@](F)(OC(F)(F)C(F)(F)C(F)(F)F)C(F)(F)F)C(F)(F)F. The van der Waals surface area contributed by atoms with E-state index in [0.717, 1.165) is 6.92 Å². The summed E-state index contributed by atoms with van der Waals surface area (Å²) in [6.07, 6.45) is -38.9. The molecule has 0 saturated carbocycles. The van der Waals surface area contributed by atoms with Gasteiger partial charge in [-0.15, -0.1) is 0 Å². The molecule has 2 atom stereocenters. The molecular weight excluding hydrogens is 596 g/mol. The molecule has 0 spiro atoms. The van der Waals surface area contributed by atoms with Crippen molar-refractivity contribution >= 4 is 11.6 Å². The van der Waals surface area contributed by atoms with Crippen LogP contribution in [0.15, 0.2) is 18.2 Å². The number of ether oxygens (including phenoxy) is 2. The van der Waals surface area contributed by atoms with Crippen LogP contribution in [0.3, 0.4) is 0 Å². The minimum Gasteiger partial charge on any atom is -0.320 e. The molecule has 0 aliphatic carbocycles. The minimum atomic E-state index is -8.12. The number of rotatable bonds is 8. The first-order valence-corrected chi connectivity index (χ1v) is 8.66. The van der Waals surface area contributed by atoms with E-state index < -0.39 is 71.4 Å². The molecule has 0 aliphatic rings. The largest absolute Gasteiger partial charge is 0.462 e. The Morgan fingerprint density at radius 2 is 1.16 bits per heavy atom. The summed E-state index contributed by atoms with van der Waals surface area (Å²) in [6.45, 7) is 0.838. The highest BCUT2D eigenvalue weighted by atomic mass is 19.4. The van der Waals surface area contributed by atoms with Crippen molar-refractivity contribution in [2.24, 2.45) is 0 Å². The van der Waals surface area contributed by atoms with E-state index >= 15 is 0 Å². The van der Waals surface area contributed by atoms with E-state index in [9.17, 15) is 83.8 Å². The Morgan fingerprint density at radius 1 is 0.684 bits per heavy atom. The maximum atomic E-state index is 14.4. The molecule has 22 heteroatoms. The van der Waals surface area contributed by atoms with Crippen molar-refractivity contribution in [2.45, 2.75) is 55.3 Å². The number of benzene rings is 1. The molecule has 1 rings (SSSR count). The fraction of sp³-hybridized carbons (Fsp3) is 0.562. The van der Waals surface area contributed by atoms with Gasteiger partial charge in [-0.2, -0.15) is 74.6 Å². The van der Waals surface area contributed by atoms with Crippen LogP contribution in [0.2, 0.25) is 0 Å². The van der Waals surface area contributed by atoms with Gasteiger partial charge in [0.25, 0.3) is 5.91 Å². The summed E-state index contributed by atoms with van der Waals surface area (Å²) in [5, 5.41) is 0.710. The number of anilines is 1. The minimum absolute atomic E-state index is 0.0836. The van der Waals surface area contributed by atoms with E-state index in [4.69, 9.17) is 0 Å². The fourth-order valence-electron chi connectivity index (χ4n) is 2.09. The van der Waals surface area contributed by atoms with E-state index in [-0.39, 0.29) is 6.07 Å². The van der Waals surface area contributed by atoms with Crippen molar-refractivity contribution in [2.75, 3.05) is 5.32 Å². The molecule has 0 saturated heterocycles. The second-order valence-electron chi connectivity index (χ2n) is 6.91. The molecule has 1 aromatic rings. The van der Waals surface area contributed by atoms with Gasteiger partial charge in [0.1, 0.15) is 5.82 Å². The third kappa shape index (κ3) is 5.83. The van der Waals surface area contributed by atoms with Gasteiger partial charge in [-0.3, -0.25) is 14.3 Å². The lowest BCUT2D eigenvalue weighted by molar-refractivity contribution is -0.548. The Labute approximate surface area is 196 Å². The summed E-state index contributed by atoms with van der Waals surface area (Å²) in [7, 11) is 0. The Kier molecular flexibility index (Phi) is 8.36. The molecule has 0 fully saturated rings. The predicted octanol–water partition coefficient (Wildman–Crippen LogP) is 6.95. The molecule has 38 heavy (non-hydrogen) atoms. The third-order valence-electron chi connectivity index (χ3n) is 4.10. The van der Waals surface area contributed by atoms with Crippen LogP contribution in [0, 0.1) is 12.7 Å². The first-order chi connectivity index (χ1) is 16.5. The van der Waals surface area contributed by atoms with Crippen molar-refractivity contribution in [3.8, 4) is 0 Å². The molecule has 0 aromatic heterocycles. The lowest BCUT2D eigenvalue weighted by Gasteiger charge is -2.40. The summed E-state index contributed by atoms with van der Waals surface area (Å²) < 4.78 is 239. The monoisotopic (exact) mass is 603 g/mol. The number of aryl methyl sites for hydroxylation is 1. The van der Waals surface area contributed by atoms with Crippen LogP contribution in [0.25, 0.3) is 0 Å². The number of halogens is 18. The normalized spacial score (nSPS) is 17.6. The zero-order valence-corrected chi connectivity index (χ0v) is 17.3. The number of nitrogens with one attached hydrogen (secondary N) is 1. The maximum Gasteiger partial charge on any atom is 0.462 e. The van der Waals surface area contributed by atoms with Gasteiger partial charge in [0, 0.05) is 5.69 Å². The van der Waals surface area contributed by atoms with Gasteiger partial charge in [0.15, 0.2) is 0 Å². The highest BCUT2D eigenvalue weighted by Gasteiger charge is 2.85. The molecule has 220 valence electrons. The average molecular weight is 603 g/mol. The van der Waals surface area contributed by atoms with E-state index in [2.05, 4.69) is 0 Å². The molecule has 0 aliphatic heterocycles. The zero-order valence-electron chi connectivity index (χ0n) is 17.3. The zero-order chi connectivity index (χ0) is 30.6. The first-order valence-electron chi connectivity index (χ1n) is 8.66.